The first-order valence-corrected chi connectivity index (χ1v) is 8.62. The molecule has 5 nitrogen and oxygen atoms in total. The van der Waals surface area contributed by atoms with Gasteiger partial charge in [0.25, 0.3) is 0 Å². The Bertz CT molecular complexity index is 378. The number of allylic oxidation sites excluding steroid dienone is 1. The van der Waals surface area contributed by atoms with E-state index in [-0.39, 0.29) is 6.42 Å². The van der Waals surface area contributed by atoms with Crippen LogP contribution in [0.3, 0.4) is 0 Å². The van der Waals surface area contributed by atoms with Gasteiger partial charge >= 0.3 is 11.9 Å². The number of rotatable bonds is 14. The third-order valence-electron chi connectivity index (χ3n) is 3.96. The number of unbranched alkanes of at least 4 members (excludes halogenated alkanes) is 7. The molecule has 142 valence electrons. The first-order chi connectivity index (χ1) is 11.2. The highest BCUT2D eigenvalue weighted by atomic mass is 19.3. The number of hydrogen-bond acceptors (Lipinski definition) is 4. The molecule has 3 atom stereocenters. The SMILES string of the molecule is CCCCCCCCC/C=C\CC(O)C(F)(F)C(O)C(N)C(=O)O. The van der Waals surface area contributed by atoms with Crippen LogP contribution < -0.4 is 5.73 Å². The number of hydrogen-bond donors (Lipinski definition) is 4. The van der Waals surface area contributed by atoms with Gasteiger partial charge in [-0.25, -0.2) is 8.78 Å². The first-order valence-electron chi connectivity index (χ1n) is 8.62. The van der Waals surface area contributed by atoms with Crippen LogP contribution in [0, 0.1) is 0 Å². The molecule has 24 heavy (non-hydrogen) atoms. The van der Waals surface area contributed by atoms with E-state index >= 15 is 0 Å². The summed E-state index contributed by atoms with van der Waals surface area (Å²) in [4.78, 5) is 10.5. The van der Waals surface area contributed by atoms with Gasteiger partial charge in [-0.15, -0.1) is 0 Å². The van der Waals surface area contributed by atoms with Crippen molar-refractivity contribution in [1.82, 2.24) is 0 Å². The summed E-state index contributed by atoms with van der Waals surface area (Å²) < 4.78 is 27.4. The van der Waals surface area contributed by atoms with E-state index in [4.69, 9.17) is 10.8 Å². The van der Waals surface area contributed by atoms with E-state index < -0.39 is 30.1 Å². The number of aliphatic hydroxyl groups is 2. The topological polar surface area (TPSA) is 104 Å². The van der Waals surface area contributed by atoms with Gasteiger partial charge < -0.3 is 21.1 Å². The third-order valence-corrected chi connectivity index (χ3v) is 3.96. The number of halogens is 2. The maximum absolute atomic E-state index is 13.7. The minimum Gasteiger partial charge on any atom is -0.480 e. The van der Waals surface area contributed by atoms with E-state index in [1.807, 2.05) is 0 Å². The van der Waals surface area contributed by atoms with Crippen LogP contribution in [0.25, 0.3) is 0 Å². The second-order valence-corrected chi connectivity index (χ2v) is 6.12. The van der Waals surface area contributed by atoms with Crippen LogP contribution in [0.15, 0.2) is 12.2 Å². The summed E-state index contributed by atoms with van der Waals surface area (Å²) >= 11 is 0. The lowest BCUT2D eigenvalue weighted by molar-refractivity contribution is -0.187. The number of aliphatic carboxylic acids is 1. The number of nitrogens with two attached hydrogens (primary N) is 1. The zero-order valence-corrected chi connectivity index (χ0v) is 14.3. The maximum Gasteiger partial charge on any atom is 0.323 e. The van der Waals surface area contributed by atoms with Crippen molar-refractivity contribution in [3.63, 3.8) is 0 Å². The number of alkyl halides is 2. The van der Waals surface area contributed by atoms with Crippen molar-refractivity contribution in [2.24, 2.45) is 5.73 Å². The van der Waals surface area contributed by atoms with Gasteiger partial charge in [0.05, 0.1) is 0 Å². The Balaban J connectivity index is 4.01. The molecular formula is C17H31F2NO4. The van der Waals surface area contributed by atoms with E-state index in [9.17, 15) is 23.8 Å². The smallest absolute Gasteiger partial charge is 0.323 e. The Kier molecular flexibility index (Phi) is 11.8. The molecule has 0 aliphatic heterocycles. The zero-order chi connectivity index (χ0) is 18.6. The van der Waals surface area contributed by atoms with E-state index in [1.165, 1.54) is 31.8 Å². The predicted molar refractivity (Wildman–Crippen MR) is 88.9 cm³/mol. The molecule has 0 radical (unpaired) electrons. The second-order valence-electron chi connectivity index (χ2n) is 6.12. The molecule has 0 aliphatic carbocycles. The second kappa shape index (κ2) is 12.3. The van der Waals surface area contributed by atoms with Gasteiger partial charge in [0.2, 0.25) is 0 Å². The highest BCUT2D eigenvalue weighted by Crippen LogP contribution is 2.27. The maximum atomic E-state index is 13.7. The minimum atomic E-state index is -3.98. The Morgan fingerprint density at radius 3 is 2.17 bits per heavy atom. The van der Waals surface area contributed by atoms with Crippen LogP contribution in [-0.2, 0) is 4.79 Å². The Morgan fingerprint density at radius 1 is 1.08 bits per heavy atom. The molecule has 0 aliphatic rings. The molecule has 0 spiro atoms. The quantitative estimate of drug-likeness (QED) is 0.285. The van der Waals surface area contributed by atoms with E-state index in [1.54, 1.807) is 6.08 Å². The molecule has 0 rings (SSSR count). The molecule has 0 heterocycles. The molecule has 0 bridgehead atoms. The number of carboxylic acid groups (broad SMARTS) is 1. The van der Waals surface area contributed by atoms with Gasteiger partial charge in [0.1, 0.15) is 18.2 Å². The van der Waals surface area contributed by atoms with Gasteiger partial charge in [-0.2, -0.15) is 0 Å². The summed E-state index contributed by atoms with van der Waals surface area (Å²) in [5.41, 5.74) is 4.98. The summed E-state index contributed by atoms with van der Waals surface area (Å²) in [6, 6.07) is -2.15. The number of aliphatic hydroxyl groups excluding tert-OH is 2. The normalized spacial score (nSPS) is 16.2. The highest BCUT2D eigenvalue weighted by molar-refractivity contribution is 5.74. The predicted octanol–water partition coefficient (Wildman–Crippen LogP) is 2.84. The highest BCUT2D eigenvalue weighted by Gasteiger charge is 2.49. The van der Waals surface area contributed by atoms with Crippen molar-refractivity contribution in [3.05, 3.63) is 12.2 Å². The molecule has 0 saturated carbocycles. The molecule has 3 unspecified atom stereocenters. The van der Waals surface area contributed by atoms with E-state index in [2.05, 4.69) is 6.92 Å². The molecular weight excluding hydrogens is 320 g/mol. The largest absolute Gasteiger partial charge is 0.480 e. The molecule has 0 fully saturated rings. The molecule has 0 aromatic heterocycles. The van der Waals surface area contributed by atoms with Gasteiger partial charge in [0.15, 0.2) is 0 Å². The lowest BCUT2D eigenvalue weighted by Crippen LogP contribution is -2.56. The molecule has 0 aromatic rings. The first kappa shape index (κ1) is 22.9. The van der Waals surface area contributed by atoms with Crippen molar-refractivity contribution in [2.75, 3.05) is 0 Å². The van der Waals surface area contributed by atoms with Crippen molar-refractivity contribution in [3.8, 4) is 0 Å². The summed E-state index contributed by atoms with van der Waals surface area (Å²) in [5, 5.41) is 27.3. The zero-order valence-electron chi connectivity index (χ0n) is 14.3. The van der Waals surface area contributed by atoms with Crippen molar-refractivity contribution in [2.45, 2.75) is 88.9 Å². The van der Waals surface area contributed by atoms with E-state index in [0.717, 1.165) is 25.7 Å². The van der Waals surface area contributed by atoms with Crippen LogP contribution in [0.2, 0.25) is 0 Å². The van der Waals surface area contributed by atoms with E-state index in [0.29, 0.717) is 0 Å². The monoisotopic (exact) mass is 351 g/mol. The van der Waals surface area contributed by atoms with Crippen LogP contribution >= 0.6 is 0 Å². The third kappa shape index (κ3) is 8.70. The lowest BCUT2D eigenvalue weighted by atomic mass is 9.98. The van der Waals surface area contributed by atoms with Gasteiger partial charge in [-0.05, 0) is 19.3 Å². The van der Waals surface area contributed by atoms with Crippen LogP contribution in [0.1, 0.15) is 64.7 Å². The lowest BCUT2D eigenvalue weighted by Gasteiger charge is -2.28. The Morgan fingerprint density at radius 2 is 1.62 bits per heavy atom. The molecule has 0 aromatic carbocycles. The molecule has 7 heteroatoms. The summed E-state index contributed by atoms with van der Waals surface area (Å²) in [6.07, 6.45) is 6.82. The summed E-state index contributed by atoms with van der Waals surface area (Å²) in [7, 11) is 0. The fourth-order valence-corrected chi connectivity index (χ4v) is 2.29. The van der Waals surface area contributed by atoms with Gasteiger partial charge in [0, 0.05) is 0 Å². The van der Waals surface area contributed by atoms with Gasteiger partial charge in [-0.1, -0.05) is 57.6 Å². The van der Waals surface area contributed by atoms with Crippen molar-refractivity contribution in [1.29, 1.82) is 0 Å². The van der Waals surface area contributed by atoms with Crippen molar-refractivity contribution < 1.29 is 28.9 Å². The number of carboxylic acids is 1. The Hall–Kier alpha value is -1.05. The van der Waals surface area contributed by atoms with Crippen molar-refractivity contribution >= 4 is 5.97 Å². The van der Waals surface area contributed by atoms with Crippen LogP contribution in [-0.4, -0.2) is 45.5 Å². The summed E-state index contributed by atoms with van der Waals surface area (Å²) in [6.45, 7) is 2.16. The van der Waals surface area contributed by atoms with Crippen LogP contribution in [0.5, 0.6) is 0 Å². The fraction of sp³-hybridized carbons (Fsp3) is 0.824. The number of carbonyl (C=O) groups is 1. The van der Waals surface area contributed by atoms with Crippen LogP contribution in [0.4, 0.5) is 8.78 Å². The molecule has 0 saturated heterocycles. The Labute approximate surface area is 142 Å². The van der Waals surface area contributed by atoms with Gasteiger partial charge in [-0.3, -0.25) is 4.79 Å². The fourth-order valence-electron chi connectivity index (χ4n) is 2.29. The molecule has 5 N–H and O–H groups in total. The summed E-state index contributed by atoms with van der Waals surface area (Å²) in [5.74, 6) is -5.73. The average molecular weight is 351 g/mol. The molecule has 0 amide bonds. The minimum absolute atomic E-state index is 0.368. The average Bonchev–Trinajstić information content (AvgIpc) is 2.54. The standard InChI is InChI=1S/C17H31F2NO4/c1-2-3-4-5-6-7-8-9-10-11-12-13(21)17(18,19)15(22)14(20)16(23)24/h10-11,13-15,21-22H,2-9,12,20H2,1H3,(H,23,24)/b11-10-.